The lowest BCUT2D eigenvalue weighted by atomic mass is 10.1. The molecule has 0 unspecified atom stereocenters. The van der Waals surface area contributed by atoms with Gasteiger partial charge in [-0.3, -0.25) is 14.9 Å². The molecule has 1 atom stereocenters. The highest BCUT2D eigenvalue weighted by molar-refractivity contribution is 7.92. The van der Waals surface area contributed by atoms with Crippen LogP contribution in [-0.4, -0.2) is 41.8 Å². The Balaban J connectivity index is 3.08. The van der Waals surface area contributed by atoms with Crippen LogP contribution < -0.4 is 0 Å². The van der Waals surface area contributed by atoms with Crippen LogP contribution in [0.4, 0.5) is 5.69 Å². The van der Waals surface area contributed by atoms with Crippen LogP contribution >= 0.6 is 0 Å². The number of sulfone groups is 1. The van der Waals surface area contributed by atoms with Crippen LogP contribution in [0, 0.1) is 10.1 Å². The number of nitrogens with zero attached hydrogens (tertiary/aromatic N) is 1. The molecule has 0 spiro atoms. The maximum Gasteiger partial charge on any atom is 0.269 e. The van der Waals surface area contributed by atoms with Crippen molar-refractivity contribution in [3.63, 3.8) is 0 Å². The molecule has 1 N–H and O–H groups in total. The van der Waals surface area contributed by atoms with Gasteiger partial charge in [-0.25, -0.2) is 8.42 Å². The van der Waals surface area contributed by atoms with E-state index in [4.69, 9.17) is 5.11 Å². The van der Waals surface area contributed by atoms with Gasteiger partial charge in [-0.05, 0) is 12.1 Å². The molecule has 0 aliphatic carbocycles. The summed E-state index contributed by atoms with van der Waals surface area (Å²) in [6.07, 6.45) is 0. The topological polar surface area (TPSA) is 115 Å². The van der Waals surface area contributed by atoms with Crippen molar-refractivity contribution < 1.29 is 23.2 Å². The lowest BCUT2D eigenvalue weighted by molar-refractivity contribution is -0.384. The summed E-state index contributed by atoms with van der Waals surface area (Å²) in [5, 5.41) is 18.0. The number of ketones is 1. The predicted molar refractivity (Wildman–Crippen MR) is 67.8 cm³/mol. The van der Waals surface area contributed by atoms with Gasteiger partial charge >= 0.3 is 0 Å². The quantitative estimate of drug-likeness (QED) is 0.465. The fourth-order valence-electron chi connectivity index (χ4n) is 1.49. The number of aliphatic hydroxyl groups is 1. The second kappa shape index (κ2) is 5.89. The molecule has 7 nitrogen and oxygen atoms in total. The van der Waals surface area contributed by atoms with E-state index >= 15 is 0 Å². The molecule has 0 saturated carbocycles. The van der Waals surface area contributed by atoms with E-state index in [1.54, 1.807) is 0 Å². The van der Waals surface area contributed by atoms with Gasteiger partial charge in [-0.15, -0.1) is 0 Å². The number of carbonyl (C=O) groups is 1. The number of aliphatic hydroxyl groups excluding tert-OH is 1. The molecular formula is C11H13NO6S. The van der Waals surface area contributed by atoms with Crippen LogP contribution in [0.3, 0.4) is 0 Å². The van der Waals surface area contributed by atoms with E-state index in [1.165, 1.54) is 19.1 Å². The van der Waals surface area contributed by atoms with E-state index in [-0.39, 0.29) is 17.0 Å². The van der Waals surface area contributed by atoms with Crippen molar-refractivity contribution >= 4 is 21.3 Å². The van der Waals surface area contributed by atoms with Gasteiger partial charge in [0.15, 0.2) is 15.6 Å². The lowest BCUT2D eigenvalue weighted by Crippen LogP contribution is -2.35. The molecule has 0 saturated heterocycles. The summed E-state index contributed by atoms with van der Waals surface area (Å²) in [6.45, 7) is 0.563. The molecular weight excluding hydrogens is 274 g/mol. The van der Waals surface area contributed by atoms with E-state index < -0.39 is 32.4 Å². The Morgan fingerprint density at radius 1 is 1.37 bits per heavy atom. The zero-order chi connectivity index (χ0) is 14.6. The molecule has 1 aromatic rings. The minimum absolute atomic E-state index is 0.0154. The minimum atomic E-state index is -3.72. The summed E-state index contributed by atoms with van der Waals surface area (Å²) in [4.78, 5) is 21.8. The van der Waals surface area contributed by atoms with Crippen molar-refractivity contribution in [3.8, 4) is 0 Å². The molecule has 8 heteroatoms. The largest absolute Gasteiger partial charge is 0.395 e. The first-order chi connectivity index (χ1) is 8.83. The van der Waals surface area contributed by atoms with Gasteiger partial charge in [0.1, 0.15) is 5.25 Å². The van der Waals surface area contributed by atoms with E-state index in [0.717, 1.165) is 12.1 Å². The minimum Gasteiger partial charge on any atom is -0.395 e. The monoisotopic (exact) mass is 287 g/mol. The van der Waals surface area contributed by atoms with Gasteiger partial charge in [-0.1, -0.05) is 6.92 Å². The van der Waals surface area contributed by atoms with Gasteiger partial charge < -0.3 is 5.11 Å². The van der Waals surface area contributed by atoms with Gasteiger partial charge in [0.25, 0.3) is 5.69 Å². The van der Waals surface area contributed by atoms with E-state index in [9.17, 15) is 23.3 Å². The van der Waals surface area contributed by atoms with Gasteiger partial charge in [-0.2, -0.15) is 0 Å². The van der Waals surface area contributed by atoms with Crippen LogP contribution in [0.5, 0.6) is 0 Å². The molecule has 0 fully saturated rings. The summed E-state index contributed by atoms with van der Waals surface area (Å²) >= 11 is 0. The Labute approximate surface area is 109 Å². The Morgan fingerprint density at radius 2 is 1.89 bits per heavy atom. The standard InChI is InChI=1S/C11H13NO6S/c1-2-19(17,18)10(7-13)11(14)8-3-5-9(6-4-8)12(15)16/h3-6,10,13H,2,7H2,1H3/t10-/m1/s1. The number of carbonyl (C=O) groups excluding carboxylic acids is 1. The third-order valence-corrected chi connectivity index (χ3v) is 4.69. The van der Waals surface area contributed by atoms with Gasteiger partial charge in [0.2, 0.25) is 0 Å². The van der Waals surface area contributed by atoms with Crippen LogP contribution in [-0.2, 0) is 9.84 Å². The number of rotatable bonds is 6. The summed E-state index contributed by atoms with van der Waals surface area (Å²) in [7, 11) is -3.72. The molecule has 19 heavy (non-hydrogen) atoms. The number of nitro benzene ring substituents is 1. The molecule has 0 bridgehead atoms. The summed E-state index contributed by atoms with van der Waals surface area (Å²) in [5.74, 6) is -1.03. The predicted octanol–water partition coefficient (Wildman–Crippen LogP) is 0.573. The van der Waals surface area contributed by atoms with E-state index in [2.05, 4.69) is 0 Å². The first-order valence-electron chi connectivity index (χ1n) is 5.44. The summed E-state index contributed by atoms with van der Waals surface area (Å²) < 4.78 is 23.3. The first kappa shape index (κ1) is 15.3. The zero-order valence-corrected chi connectivity index (χ0v) is 11.0. The van der Waals surface area contributed by atoms with E-state index in [0.29, 0.717) is 0 Å². The molecule has 1 rings (SSSR count). The van der Waals surface area contributed by atoms with Gasteiger partial charge in [0.05, 0.1) is 11.5 Å². The fraction of sp³-hybridized carbons (Fsp3) is 0.364. The summed E-state index contributed by atoms with van der Waals surface area (Å²) in [5.41, 5.74) is -0.183. The molecule has 0 heterocycles. The normalized spacial score (nSPS) is 12.9. The SMILES string of the molecule is CCS(=O)(=O)[C@H](CO)C(=O)c1ccc([N+](=O)[O-])cc1. The van der Waals surface area contributed by atoms with Crippen molar-refractivity contribution in [1.29, 1.82) is 0 Å². The number of hydrogen-bond donors (Lipinski definition) is 1. The number of nitro groups is 1. The molecule has 0 aliphatic rings. The van der Waals surface area contributed by atoms with Crippen molar-refractivity contribution in [2.75, 3.05) is 12.4 Å². The first-order valence-corrected chi connectivity index (χ1v) is 7.16. The number of hydrogen-bond acceptors (Lipinski definition) is 6. The zero-order valence-electron chi connectivity index (χ0n) is 10.1. The molecule has 0 aromatic heterocycles. The highest BCUT2D eigenvalue weighted by Crippen LogP contribution is 2.16. The Morgan fingerprint density at radius 3 is 2.26 bits per heavy atom. The van der Waals surface area contributed by atoms with Crippen LogP contribution in [0.15, 0.2) is 24.3 Å². The number of benzene rings is 1. The third-order valence-electron chi connectivity index (χ3n) is 2.66. The third kappa shape index (κ3) is 3.36. The molecule has 0 amide bonds. The average Bonchev–Trinajstić information content (AvgIpc) is 2.39. The molecule has 104 valence electrons. The maximum absolute atomic E-state index is 12.0. The van der Waals surface area contributed by atoms with Crippen LogP contribution in [0.1, 0.15) is 17.3 Å². The molecule has 1 aromatic carbocycles. The Bertz CT molecular complexity index is 578. The Hall–Kier alpha value is -1.80. The second-order valence-electron chi connectivity index (χ2n) is 3.79. The fourth-order valence-corrected chi connectivity index (χ4v) is 2.59. The number of Topliss-reactive ketones (excluding diaryl/α,β-unsaturated/α-hetero) is 1. The van der Waals surface area contributed by atoms with E-state index in [1.807, 2.05) is 0 Å². The average molecular weight is 287 g/mol. The van der Waals surface area contributed by atoms with Crippen molar-refractivity contribution in [3.05, 3.63) is 39.9 Å². The molecule has 0 radical (unpaired) electrons. The highest BCUT2D eigenvalue weighted by atomic mass is 32.2. The second-order valence-corrected chi connectivity index (χ2v) is 6.26. The lowest BCUT2D eigenvalue weighted by Gasteiger charge is -2.12. The van der Waals surface area contributed by atoms with Crippen LogP contribution in [0.25, 0.3) is 0 Å². The molecule has 0 aliphatic heterocycles. The maximum atomic E-state index is 12.0. The number of non-ortho nitro benzene ring substituents is 1. The highest BCUT2D eigenvalue weighted by Gasteiger charge is 2.31. The Kier molecular flexibility index (Phi) is 4.73. The smallest absolute Gasteiger partial charge is 0.269 e. The van der Waals surface area contributed by atoms with Gasteiger partial charge in [0, 0.05) is 23.4 Å². The summed E-state index contributed by atoms with van der Waals surface area (Å²) in [6, 6.07) is 4.57. The van der Waals surface area contributed by atoms with Crippen molar-refractivity contribution in [1.82, 2.24) is 0 Å². The van der Waals surface area contributed by atoms with Crippen molar-refractivity contribution in [2.45, 2.75) is 12.2 Å². The van der Waals surface area contributed by atoms with Crippen molar-refractivity contribution in [2.24, 2.45) is 0 Å². The van der Waals surface area contributed by atoms with Crippen LogP contribution in [0.2, 0.25) is 0 Å².